The number of esters is 1. The number of carboxylic acids is 1. The molecule has 3 heterocycles. The minimum absolute atomic E-state index is 0. The second kappa shape index (κ2) is 8.05. The fraction of sp³-hybridized carbons (Fsp3) is 0.600. The third-order valence-electron chi connectivity index (χ3n) is 4.56. The van der Waals surface area contributed by atoms with E-state index in [1.54, 1.807) is 0 Å². The second-order valence-corrected chi connectivity index (χ2v) is 7.26. The SMILES string of the molecule is CO[C@@]1(NC(=O)CCCC(N)C(=O)O)C(=O)N2C3=C(COC3=O)CS[C@H]21.Cl. The Labute approximate surface area is 165 Å². The lowest BCUT2D eigenvalue weighted by molar-refractivity contribution is -0.192. The molecular weight excluding hydrogens is 402 g/mol. The largest absolute Gasteiger partial charge is 0.480 e. The molecule has 3 aliphatic heterocycles. The summed E-state index contributed by atoms with van der Waals surface area (Å²) in [6, 6.07) is -1.03. The van der Waals surface area contributed by atoms with Gasteiger partial charge in [0, 0.05) is 24.9 Å². The van der Waals surface area contributed by atoms with Crippen LogP contribution >= 0.6 is 24.2 Å². The van der Waals surface area contributed by atoms with Crippen molar-refractivity contribution in [1.29, 1.82) is 0 Å². The van der Waals surface area contributed by atoms with Crippen LogP contribution in [0, 0.1) is 0 Å². The normalized spacial score (nSPS) is 27.0. The maximum absolute atomic E-state index is 12.7. The van der Waals surface area contributed by atoms with E-state index < -0.39 is 40.9 Å². The summed E-state index contributed by atoms with van der Waals surface area (Å²) in [5, 5.41) is 10.8. The predicted molar refractivity (Wildman–Crippen MR) is 95.7 cm³/mol. The fourth-order valence-electron chi connectivity index (χ4n) is 3.14. The molecule has 3 rings (SSSR count). The highest BCUT2D eigenvalue weighted by Gasteiger charge is 2.67. The molecule has 0 bridgehead atoms. The molecule has 0 spiro atoms. The summed E-state index contributed by atoms with van der Waals surface area (Å²) in [6.45, 7) is 0.174. The molecule has 3 aliphatic rings. The van der Waals surface area contributed by atoms with Crippen molar-refractivity contribution >= 4 is 47.9 Å². The standard InChI is InChI=1S/C15H19N3O7S.ClH/c1-24-15(17-9(19)4-2-3-8(16)11(20)21)13(23)18-10-7(5-25-12(10)22)6-26-14(15)18;/h8,14H,2-6,16H2,1H3,(H,17,19)(H,20,21);1H/t8?,14-,15-;/m0./s1. The van der Waals surface area contributed by atoms with Gasteiger partial charge in [0.15, 0.2) is 0 Å². The zero-order valence-electron chi connectivity index (χ0n) is 14.4. The minimum atomic E-state index is -1.54. The van der Waals surface area contributed by atoms with Crippen LogP contribution in [0.5, 0.6) is 0 Å². The molecule has 0 aliphatic carbocycles. The minimum Gasteiger partial charge on any atom is -0.480 e. The van der Waals surface area contributed by atoms with E-state index in [0.717, 1.165) is 5.57 Å². The maximum atomic E-state index is 12.7. The molecule has 2 amide bonds. The average Bonchev–Trinajstić information content (AvgIpc) is 2.98. The Kier molecular flexibility index (Phi) is 6.40. The predicted octanol–water partition coefficient (Wildman–Crippen LogP) is -0.825. The molecule has 12 heteroatoms. The zero-order valence-corrected chi connectivity index (χ0v) is 16.1. The highest BCUT2D eigenvalue weighted by atomic mass is 35.5. The number of ether oxygens (including phenoxy) is 2. The van der Waals surface area contributed by atoms with E-state index >= 15 is 0 Å². The van der Waals surface area contributed by atoms with Crippen LogP contribution in [-0.2, 0) is 28.7 Å². The van der Waals surface area contributed by atoms with Gasteiger partial charge in [-0.3, -0.25) is 19.3 Å². The van der Waals surface area contributed by atoms with E-state index in [1.165, 1.54) is 23.8 Å². The molecule has 1 saturated heterocycles. The molecule has 10 nitrogen and oxygen atoms in total. The molecule has 1 fully saturated rings. The first-order valence-electron chi connectivity index (χ1n) is 8.00. The van der Waals surface area contributed by atoms with Crippen molar-refractivity contribution in [2.45, 2.75) is 36.4 Å². The smallest absolute Gasteiger partial charge is 0.355 e. The molecular formula is C15H20ClN3O7S. The maximum Gasteiger partial charge on any atom is 0.355 e. The Morgan fingerprint density at radius 3 is 2.85 bits per heavy atom. The summed E-state index contributed by atoms with van der Waals surface area (Å²) in [4.78, 5) is 48.7. The quantitative estimate of drug-likeness (QED) is 0.272. The molecule has 4 N–H and O–H groups in total. The van der Waals surface area contributed by atoms with E-state index in [0.29, 0.717) is 5.75 Å². The molecule has 27 heavy (non-hydrogen) atoms. The second-order valence-electron chi connectivity index (χ2n) is 6.19. The van der Waals surface area contributed by atoms with Gasteiger partial charge in [0.25, 0.3) is 11.6 Å². The Morgan fingerprint density at radius 1 is 1.52 bits per heavy atom. The van der Waals surface area contributed by atoms with Crippen molar-refractivity contribution in [2.24, 2.45) is 5.73 Å². The van der Waals surface area contributed by atoms with E-state index in [4.69, 9.17) is 20.3 Å². The topological polar surface area (TPSA) is 148 Å². The molecule has 0 aromatic rings. The van der Waals surface area contributed by atoms with Crippen molar-refractivity contribution in [3.8, 4) is 0 Å². The van der Waals surface area contributed by atoms with E-state index in [2.05, 4.69) is 5.32 Å². The molecule has 0 saturated carbocycles. The number of amides is 2. The van der Waals surface area contributed by atoms with Gasteiger partial charge >= 0.3 is 11.9 Å². The average molecular weight is 422 g/mol. The first-order valence-corrected chi connectivity index (χ1v) is 9.05. The Balaban J connectivity index is 0.00000261. The lowest BCUT2D eigenvalue weighted by atomic mass is 9.98. The van der Waals surface area contributed by atoms with Gasteiger partial charge in [0.1, 0.15) is 23.7 Å². The fourth-order valence-corrected chi connectivity index (χ4v) is 4.56. The van der Waals surface area contributed by atoms with Crippen LogP contribution < -0.4 is 11.1 Å². The number of carbonyl (C=O) groups is 4. The van der Waals surface area contributed by atoms with Crippen LogP contribution in [-0.4, -0.2) is 70.4 Å². The van der Waals surface area contributed by atoms with Crippen LogP contribution in [0.15, 0.2) is 11.3 Å². The van der Waals surface area contributed by atoms with Crippen molar-refractivity contribution in [2.75, 3.05) is 19.5 Å². The Bertz CT molecular complexity index is 716. The summed E-state index contributed by atoms with van der Waals surface area (Å²) in [6.07, 6.45) is 0.409. The number of methoxy groups -OCH3 is 1. The summed E-state index contributed by atoms with van der Waals surface area (Å²) < 4.78 is 10.3. The highest BCUT2D eigenvalue weighted by molar-refractivity contribution is 8.00. The monoisotopic (exact) mass is 421 g/mol. The lowest BCUT2D eigenvalue weighted by Crippen LogP contribution is -2.80. The van der Waals surface area contributed by atoms with Crippen molar-refractivity contribution in [3.63, 3.8) is 0 Å². The number of nitrogens with two attached hydrogens (primary N) is 1. The van der Waals surface area contributed by atoms with Crippen LogP contribution in [0.2, 0.25) is 0 Å². The number of nitrogens with one attached hydrogen (secondary N) is 1. The summed E-state index contributed by atoms with van der Waals surface area (Å²) in [7, 11) is 1.31. The van der Waals surface area contributed by atoms with E-state index in [1.807, 2.05) is 0 Å². The number of hydrogen-bond acceptors (Lipinski definition) is 8. The number of thioether (sulfide) groups is 1. The molecule has 0 radical (unpaired) electrons. The number of β-lactam (4-membered cyclic amide) rings is 1. The van der Waals surface area contributed by atoms with Crippen molar-refractivity contribution in [1.82, 2.24) is 10.2 Å². The molecule has 0 aromatic heterocycles. The van der Waals surface area contributed by atoms with Gasteiger partial charge in [-0.2, -0.15) is 0 Å². The number of cyclic esters (lactones) is 1. The van der Waals surface area contributed by atoms with Crippen molar-refractivity contribution in [3.05, 3.63) is 11.3 Å². The van der Waals surface area contributed by atoms with E-state index in [-0.39, 0.29) is 44.0 Å². The molecule has 150 valence electrons. The summed E-state index contributed by atoms with van der Waals surface area (Å²) in [5.41, 5.74) is 4.85. The van der Waals surface area contributed by atoms with Gasteiger partial charge in [-0.15, -0.1) is 24.2 Å². The van der Waals surface area contributed by atoms with Crippen LogP contribution in [0.4, 0.5) is 0 Å². The van der Waals surface area contributed by atoms with Gasteiger partial charge in [-0.05, 0) is 12.8 Å². The number of nitrogens with zero attached hydrogens (tertiary/aromatic N) is 1. The number of aliphatic carboxylic acids is 1. The third kappa shape index (κ3) is 3.51. The number of carboxylic acid groups (broad SMARTS) is 1. The third-order valence-corrected chi connectivity index (χ3v) is 5.94. The highest BCUT2D eigenvalue weighted by Crippen LogP contribution is 2.48. The van der Waals surface area contributed by atoms with E-state index in [9.17, 15) is 19.2 Å². The van der Waals surface area contributed by atoms with Crippen molar-refractivity contribution < 1.29 is 33.8 Å². The lowest BCUT2D eigenvalue weighted by Gasteiger charge is -2.55. The van der Waals surface area contributed by atoms with Gasteiger partial charge < -0.3 is 25.6 Å². The van der Waals surface area contributed by atoms with Crippen LogP contribution in [0.1, 0.15) is 19.3 Å². The Morgan fingerprint density at radius 2 is 2.22 bits per heavy atom. The van der Waals surface area contributed by atoms with Gasteiger partial charge in [0.2, 0.25) is 5.91 Å². The number of rotatable bonds is 7. The molecule has 0 aromatic carbocycles. The summed E-state index contributed by atoms with van der Waals surface area (Å²) in [5.74, 6) is -2.15. The summed E-state index contributed by atoms with van der Waals surface area (Å²) >= 11 is 1.38. The number of carbonyl (C=O) groups excluding carboxylic acids is 3. The van der Waals surface area contributed by atoms with Crippen LogP contribution in [0.3, 0.4) is 0 Å². The number of fused-ring (bicyclic) bond motifs is 2. The first kappa shape index (κ1) is 21.5. The first-order chi connectivity index (χ1) is 12.3. The zero-order chi connectivity index (χ0) is 19.1. The molecule has 3 atom stereocenters. The number of halogens is 1. The number of hydrogen-bond donors (Lipinski definition) is 3. The van der Waals surface area contributed by atoms with Gasteiger partial charge in [-0.25, -0.2) is 4.79 Å². The van der Waals surface area contributed by atoms with Gasteiger partial charge in [-0.1, -0.05) is 0 Å². The van der Waals surface area contributed by atoms with Crippen LogP contribution in [0.25, 0.3) is 0 Å². The van der Waals surface area contributed by atoms with Gasteiger partial charge in [0.05, 0.1) is 0 Å². The Hall–Kier alpha value is -1.82. The molecule has 1 unspecified atom stereocenters.